The molecule has 0 radical (unpaired) electrons. The molecule has 0 bridgehead atoms. The Morgan fingerprint density at radius 3 is 2.76 bits per heavy atom. The molecule has 1 atom stereocenters. The Hall–Kier alpha value is -2.75. The second-order valence-corrected chi connectivity index (χ2v) is 7.34. The summed E-state index contributed by atoms with van der Waals surface area (Å²) in [6, 6.07) is 1.15. The highest BCUT2D eigenvalue weighted by Gasteiger charge is 2.31. The predicted octanol–water partition coefficient (Wildman–Crippen LogP) is 2.87. The fourth-order valence-electron chi connectivity index (χ4n) is 3.21. The van der Waals surface area contributed by atoms with Crippen molar-refractivity contribution in [1.82, 2.24) is 25.4 Å². The average Bonchev–Trinajstić information content (AvgIpc) is 3.30. The summed E-state index contributed by atoms with van der Waals surface area (Å²) in [7, 11) is 0. The van der Waals surface area contributed by atoms with Gasteiger partial charge in [-0.15, -0.1) is 10.2 Å². The van der Waals surface area contributed by atoms with Crippen molar-refractivity contribution >= 4 is 23.8 Å². The highest BCUT2D eigenvalue weighted by Crippen LogP contribution is 2.29. The Labute approximate surface area is 173 Å². The van der Waals surface area contributed by atoms with Gasteiger partial charge >= 0.3 is 12.0 Å². The van der Waals surface area contributed by atoms with Gasteiger partial charge in [0.2, 0.25) is 0 Å². The van der Waals surface area contributed by atoms with E-state index in [2.05, 4.69) is 20.8 Å². The number of urea groups is 1. The molecule has 0 aliphatic carbocycles. The lowest BCUT2D eigenvalue weighted by Crippen LogP contribution is -2.50. The first-order valence-electron chi connectivity index (χ1n) is 9.58. The van der Waals surface area contributed by atoms with Crippen molar-refractivity contribution in [3.8, 4) is 11.4 Å². The molecule has 0 unspecified atom stereocenters. The van der Waals surface area contributed by atoms with Crippen LogP contribution in [0, 0.1) is 6.92 Å². The molecule has 1 aliphatic heterocycles. The molecule has 10 heteroatoms. The number of carbonyl (C=O) groups excluding carboxylic acids is 2. The number of amides is 2. The van der Waals surface area contributed by atoms with Crippen LogP contribution in [0.4, 0.5) is 4.79 Å². The van der Waals surface area contributed by atoms with E-state index in [0.29, 0.717) is 35.1 Å². The van der Waals surface area contributed by atoms with Gasteiger partial charge in [-0.3, -0.25) is 0 Å². The van der Waals surface area contributed by atoms with Crippen LogP contribution in [-0.4, -0.2) is 45.2 Å². The predicted molar refractivity (Wildman–Crippen MR) is 108 cm³/mol. The van der Waals surface area contributed by atoms with Gasteiger partial charge in [-0.05, 0) is 33.3 Å². The maximum atomic E-state index is 12.5. The van der Waals surface area contributed by atoms with E-state index in [4.69, 9.17) is 9.15 Å². The van der Waals surface area contributed by atoms with Crippen molar-refractivity contribution in [1.29, 1.82) is 0 Å². The van der Waals surface area contributed by atoms with Gasteiger partial charge < -0.3 is 24.4 Å². The molecule has 0 spiro atoms. The van der Waals surface area contributed by atoms with Gasteiger partial charge in [0.1, 0.15) is 5.76 Å². The van der Waals surface area contributed by atoms with Gasteiger partial charge in [0.05, 0.1) is 30.0 Å². The minimum Gasteiger partial charge on any atom is -0.469 e. The number of hydrogen-bond donors (Lipinski definition) is 2. The fourth-order valence-corrected chi connectivity index (χ4v) is 4.18. The average molecular weight is 420 g/mol. The number of hydrogen-bond acceptors (Lipinski definition) is 7. The van der Waals surface area contributed by atoms with E-state index in [9.17, 15) is 9.59 Å². The van der Waals surface area contributed by atoms with E-state index in [1.54, 1.807) is 13.2 Å². The summed E-state index contributed by atoms with van der Waals surface area (Å²) in [6.45, 7) is 8.49. The molecule has 0 aromatic carbocycles. The molecule has 0 fully saturated rings. The normalized spacial score (nSPS) is 16.6. The zero-order valence-electron chi connectivity index (χ0n) is 16.9. The van der Waals surface area contributed by atoms with Crippen molar-refractivity contribution < 1.29 is 18.7 Å². The molecule has 9 nitrogen and oxygen atoms in total. The van der Waals surface area contributed by atoms with E-state index in [0.717, 1.165) is 17.1 Å². The summed E-state index contributed by atoms with van der Waals surface area (Å²) in [5.74, 6) is 1.43. The van der Waals surface area contributed by atoms with Crippen LogP contribution in [0.15, 0.2) is 33.2 Å². The molecule has 2 aromatic heterocycles. The summed E-state index contributed by atoms with van der Waals surface area (Å²) in [6.07, 6.45) is 2.21. The van der Waals surface area contributed by atoms with E-state index >= 15 is 0 Å². The Morgan fingerprint density at radius 1 is 1.34 bits per heavy atom. The van der Waals surface area contributed by atoms with Crippen molar-refractivity contribution in [3.05, 3.63) is 29.4 Å². The van der Waals surface area contributed by atoms with Crippen LogP contribution < -0.4 is 10.6 Å². The lowest BCUT2D eigenvalue weighted by molar-refractivity contribution is -0.139. The second kappa shape index (κ2) is 9.17. The lowest BCUT2D eigenvalue weighted by atomic mass is 10.0. The van der Waals surface area contributed by atoms with Crippen LogP contribution in [0.1, 0.15) is 33.0 Å². The van der Waals surface area contributed by atoms with E-state index in [-0.39, 0.29) is 18.7 Å². The molecular weight excluding hydrogens is 394 g/mol. The fraction of sp³-hybridized carbons (Fsp3) is 0.474. The first-order chi connectivity index (χ1) is 14.0. The number of aromatic nitrogens is 3. The van der Waals surface area contributed by atoms with Crippen LogP contribution in [0.5, 0.6) is 0 Å². The largest absolute Gasteiger partial charge is 0.469 e. The van der Waals surface area contributed by atoms with Crippen LogP contribution in [-0.2, 0) is 16.1 Å². The molecule has 1 aliphatic rings. The van der Waals surface area contributed by atoms with Gasteiger partial charge in [0, 0.05) is 18.0 Å². The number of furan rings is 1. The number of aryl methyl sites for hydroxylation is 1. The molecule has 156 valence electrons. The summed E-state index contributed by atoms with van der Waals surface area (Å²) in [4.78, 5) is 24.5. The van der Waals surface area contributed by atoms with Crippen LogP contribution in [0.2, 0.25) is 0 Å². The quantitative estimate of drug-likeness (QED) is 0.500. The highest BCUT2D eigenvalue weighted by molar-refractivity contribution is 7.99. The third kappa shape index (κ3) is 4.31. The molecule has 2 N–H and O–H groups in total. The van der Waals surface area contributed by atoms with Gasteiger partial charge in [-0.2, -0.15) is 0 Å². The first kappa shape index (κ1) is 21.0. The van der Waals surface area contributed by atoms with Crippen molar-refractivity contribution in [2.75, 3.05) is 12.4 Å². The number of ether oxygens (including phenoxy) is 1. The third-order valence-corrected chi connectivity index (χ3v) is 5.62. The highest BCUT2D eigenvalue weighted by atomic mass is 32.2. The van der Waals surface area contributed by atoms with E-state index < -0.39 is 5.97 Å². The van der Waals surface area contributed by atoms with Gasteiger partial charge in [0.25, 0.3) is 0 Å². The van der Waals surface area contributed by atoms with Crippen molar-refractivity contribution in [2.45, 2.75) is 51.9 Å². The summed E-state index contributed by atoms with van der Waals surface area (Å²) in [5, 5.41) is 14.8. The summed E-state index contributed by atoms with van der Waals surface area (Å²) in [5.41, 5.74) is 1.88. The topological polar surface area (TPSA) is 111 Å². The monoisotopic (exact) mass is 419 g/mol. The minimum atomic E-state index is -0.422. The van der Waals surface area contributed by atoms with E-state index in [1.165, 1.54) is 11.8 Å². The summed E-state index contributed by atoms with van der Waals surface area (Å²) >= 11 is 1.41. The Morgan fingerprint density at radius 2 is 2.14 bits per heavy atom. The van der Waals surface area contributed by atoms with Gasteiger partial charge in [-0.1, -0.05) is 18.7 Å². The SMILES string of the molecule is CCOC(=O)C1=C(CSc2nnc(-c3ccoc3C)n2CC)NC(=O)N[C@@H]1CC. The van der Waals surface area contributed by atoms with Crippen LogP contribution >= 0.6 is 11.8 Å². The van der Waals surface area contributed by atoms with Crippen LogP contribution in [0.25, 0.3) is 11.4 Å². The maximum Gasteiger partial charge on any atom is 0.337 e. The molecular formula is C19H25N5O4S. The number of carbonyl (C=O) groups is 2. The number of rotatable bonds is 8. The Kier molecular flexibility index (Phi) is 6.63. The third-order valence-electron chi connectivity index (χ3n) is 4.63. The van der Waals surface area contributed by atoms with Crippen molar-refractivity contribution in [2.24, 2.45) is 0 Å². The summed E-state index contributed by atoms with van der Waals surface area (Å²) < 4.78 is 12.6. The second-order valence-electron chi connectivity index (χ2n) is 6.40. The zero-order chi connectivity index (χ0) is 21.0. The number of thioether (sulfide) groups is 1. The standard InChI is InChI=1S/C19H25N5O4S/c1-5-13-15(17(25)27-7-3)14(21-18(26)20-13)10-29-19-23-22-16(24(19)6-2)12-8-9-28-11(12)4/h8-9,13H,5-7,10H2,1-4H3,(H2,20,21,26)/t13-/m1/s1. The molecule has 29 heavy (non-hydrogen) atoms. The smallest absolute Gasteiger partial charge is 0.337 e. The number of nitrogens with zero attached hydrogens (tertiary/aromatic N) is 3. The van der Waals surface area contributed by atoms with Crippen LogP contribution in [0.3, 0.4) is 0 Å². The van der Waals surface area contributed by atoms with E-state index in [1.807, 2.05) is 31.4 Å². The zero-order valence-corrected chi connectivity index (χ0v) is 17.8. The molecule has 0 saturated heterocycles. The molecule has 3 heterocycles. The van der Waals surface area contributed by atoms with Gasteiger partial charge in [-0.25, -0.2) is 9.59 Å². The lowest BCUT2D eigenvalue weighted by Gasteiger charge is -2.28. The molecule has 2 aromatic rings. The number of nitrogens with one attached hydrogen (secondary N) is 2. The maximum absolute atomic E-state index is 12.5. The Bertz CT molecular complexity index is 933. The first-order valence-corrected chi connectivity index (χ1v) is 10.6. The Balaban J connectivity index is 1.88. The molecule has 3 rings (SSSR count). The molecule has 2 amide bonds. The van der Waals surface area contributed by atoms with Gasteiger partial charge in [0.15, 0.2) is 11.0 Å². The minimum absolute atomic E-state index is 0.269. The number of esters is 1. The molecule has 0 saturated carbocycles. The van der Waals surface area contributed by atoms with Crippen molar-refractivity contribution in [3.63, 3.8) is 0 Å².